The minimum atomic E-state index is -3.31. The molecule has 0 aromatic heterocycles. The molecule has 2 N–H and O–H groups in total. The van der Waals surface area contributed by atoms with Crippen LogP contribution < -0.4 is 5.14 Å². The van der Waals surface area contributed by atoms with Crippen LogP contribution in [-0.2, 0) is 10.0 Å². The van der Waals surface area contributed by atoms with E-state index >= 15 is 0 Å². The molecule has 0 saturated carbocycles. The van der Waals surface area contributed by atoms with Crippen LogP contribution in [0.1, 0.15) is 13.3 Å². The first-order chi connectivity index (χ1) is 5.05. The second-order valence-corrected chi connectivity index (χ2v) is 15.3. The van der Waals surface area contributed by atoms with Gasteiger partial charge in [0.2, 0.25) is 0 Å². The van der Waals surface area contributed by atoms with Crippen molar-refractivity contribution in [2.45, 2.75) is 21.7 Å². The van der Waals surface area contributed by atoms with Crippen LogP contribution in [0.4, 0.5) is 0 Å². The van der Waals surface area contributed by atoms with Gasteiger partial charge in [0.05, 0.1) is 0 Å². The predicted molar refractivity (Wildman–Crippen MR) is 46.8 cm³/mol. The molecule has 5 heteroatoms. The number of rotatable bonds is 2. The van der Waals surface area contributed by atoms with Crippen LogP contribution in [0.2, 0.25) is 8.35 Å². The first kappa shape index (κ1) is 9.61. The maximum absolute atomic E-state index is 11.0. The van der Waals surface area contributed by atoms with Crippen LogP contribution in [0.3, 0.4) is 0 Å². The van der Waals surface area contributed by atoms with Crippen molar-refractivity contribution in [2.24, 2.45) is 5.14 Å². The van der Waals surface area contributed by atoms with Gasteiger partial charge < -0.3 is 0 Å². The van der Waals surface area contributed by atoms with E-state index in [1.54, 1.807) is 0 Å². The average molecular weight is 277 g/mol. The molecular formula is C6H12InNO2S. The zero-order chi connectivity index (χ0) is 8.48. The quantitative estimate of drug-likeness (QED) is 0.804. The van der Waals surface area contributed by atoms with E-state index in [-0.39, 0.29) is 0 Å². The molecule has 0 atom stereocenters. The summed E-state index contributed by atoms with van der Waals surface area (Å²) in [6.45, 7) is 2.07. The molecule has 0 spiro atoms. The van der Waals surface area contributed by atoms with Gasteiger partial charge in [-0.05, 0) is 0 Å². The van der Waals surface area contributed by atoms with Crippen LogP contribution in [0, 0.1) is 0 Å². The Labute approximate surface area is 75.2 Å². The zero-order valence-corrected chi connectivity index (χ0v) is 10.7. The molecule has 0 unspecified atom stereocenters. The summed E-state index contributed by atoms with van der Waals surface area (Å²) < 4.78 is 24.8. The van der Waals surface area contributed by atoms with Crippen molar-refractivity contribution in [1.82, 2.24) is 0 Å². The molecular weight excluding hydrogens is 265 g/mol. The van der Waals surface area contributed by atoms with Crippen molar-refractivity contribution in [3.63, 3.8) is 0 Å². The summed E-state index contributed by atoms with van der Waals surface area (Å²) in [7, 11) is -3.31. The summed E-state index contributed by atoms with van der Waals surface area (Å²) in [6, 6.07) is 0. The molecule has 11 heavy (non-hydrogen) atoms. The predicted octanol–water partition coefficient (Wildman–Crippen LogP) is 0.616. The van der Waals surface area contributed by atoms with Crippen LogP contribution >= 0.6 is 0 Å². The molecule has 0 amide bonds. The third kappa shape index (κ3) is 2.23. The Morgan fingerprint density at radius 3 is 2.73 bits per heavy atom. The van der Waals surface area contributed by atoms with Gasteiger partial charge >= 0.3 is 75.5 Å². The van der Waals surface area contributed by atoms with E-state index in [1.165, 1.54) is 0 Å². The van der Waals surface area contributed by atoms with Gasteiger partial charge in [-0.15, -0.1) is 0 Å². The Hall–Kier alpha value is 0.520. The molecule has 1 rings (SSSR count). The van der Waals surface area contributed by atoms with Crippen LogP contribution in [-0.4, -0.2) is 29.9 Å². The SMILES string of the molecule is C[CH2][In]1[CH2]CC=[C]1S(N)(=O)=O. The molecule has 3 nitrogen and oxygen atoms in total. The Bertz CT molecular complexity index is 270. The average Bonchev–Trinajstić information content (AvgIpc) is 2.31. The normalized spacial score (nSPS) is 18.7. The third-order valence-electron chi connectivity index (χ3n) is 2.08. The van der Waals surface area contributed by atoms with Gasteiger partial charge in [-0.1, -0.05) is 0 Å². The number of sulfonamides is 1. The minimum absolute atomic E-state index is 0.654. The van der Waals surface area contributed by atoms with E-state index in [9.17, 15) is 8.42 Å². The van der Waals surface area contributed by atoms with Crippen molar-refractivity contribution in [3.8, 4) is 0 Å². The molecule has 1 aliphatic rings. The van der Waals surface area contributed by atoms with E-state index in [2.05, 4.69) is 6.92 Å². The van der Waals surface area contributed by atoms with Crippen molar-refractivity contribution in [1.29, 1.82) is 0 Å². The number of hydrogen-bond acceptors (Lipinski definition) is 2. The number of allylic oxidation sites excluding steroid dienone is 1. The summed E-state index contributed by atoms with van der Waals surface area (Å²) in [4.78, 5) is 0. The summed E-state index contributed by atoms with van der Waals surface area (Å²) in [5.41, 5.74) is 0. The number of primary sulfonamides is 1. The Morgan fingerprint density at radius 2 is 2.36 bits per heavy atom. The fourth-order valence-corrected chi connectivity index (χ4v) is 14.4. The molecule has 0 bridgehead atoms. The van der Waals surface area contributed by atoms with E-state index in [1.807, 2.05) is 6.08 Å². The summed E-state index contributed by atoms with van der Waals surface area (Å²) in [6.07, 6.45) is 2.78. The number of hydrogen-bond donors (Lipinski definition) is 1. The molecule has 0 fully saturated rings. The topological polar surface area (TPSA) is 60.2 Å². The van der Waals surface area contributed by atoms with Gasteiger partial charge in [-0.2, -0.15) is 0 Å². The standard InChI is InChI=1S/C4H7NO2S.C2H5.In/c1-2-3-4-8(5,6)7;1-2;/h3H,1-2H2,(H2,5,6,7);1H2,2H3;. The first-order valence-corrected chi connectivity index (χ1v) is 11.6. The Morgan fingerprint density at radius 1 is 1.73 bits per heavy atom. The van der Waals surface area contributed by atoms with Gasteiger partial charge in [0.15, 0.2) is 0 Å². The molecule has 1 aliphatic heterocycles. The molecule has 0 aliphatic carbocycles. The summed E-state index contributed by atoms with van der Waals surface area (Å²) in [5, 5.41) is 5.06. The van der Waals surface area contributed by atoms with E-state index < -0.39 is 31.5 Å². The number of nitrogens with two attached hydrogens (primary N) is 1. The van der Waals surface area contributed by atoms with Crippen molar-refractivity contribution in [3.05, 3.63) is 8.74 Å². The Balaban J connectivity index is 2.88. The molecule has 0 saturated heterocycles. The molecule has 0 aromatic carbocycles. The molecule has 62 valence electrons. The fourth-order valence-electron chi connectivity index (χ4n) is 1.49. The van der Waals surface area contributed by atoms with Gasteiger partial charge in [0.25, 0.3) is 0 Å². The second kappa shape index (κ2) is 3.49. The van der Waals surface area contributed by atoms with Crippen LogP contribution in [0.5, 0.6) is 0 Å². The van der Waals surface area contributed by atoms with E-state index in [0.29, 0.717) is 2.66 Å². The van der Waals surface area contributed by atoms with Crippen molar-refractivity contribution >= 4 is 31.5 Å². The summed E-state index contributed by atoms with van der Waals surface area (Å²) in [5.74, 6) is 0. The van der Waals surface area contributed by atoms with E-state index in [4.69, 9.17) is 5.14 Å². The van der Waals surface area contributed by atoms with Gasteiger partial charge in [0.1, 0.15) is 0 Å². The monoisotopic (exact) mass is 277 g/mol. The van der Waals surface area contributed by atoms with Gasteiger partial charge in [-0.25, -0.2) is 0 Å². The van der Waals surface area contributed by atoms with E-state index in [0.717, 1.165) is 14.8 Å². The first-order valence-electron chi connectivity index (χ1n) is 3.78. The van der Waals surface area contributed by atoms with Crippen LogP contribution in [0.25, 0.3) is 0 Å². The molecule has 1 heterocycles. The van der Waals surface area contributed by atoms with Crippen molar-refractivity contribution in [2.75, 3.05) is 0 Å². The van der Waals surface area contributed by atoms with Crippen molar-refractivity contribution < 1.29 is 8.42 Å². The fraction of sp³-hybridized carbons (Fsp3) is 0.667. The maximum atomic E-state index is 11.0. The van der Waals surface area contributed by atoms with Gasteiger partial charge in [-0.3, -0.25) is 0 Å². The van der Waals surface area contributed by atoms with Crippen LogP contribution in [0.15, 0.2) is 8.74 Å². The Kier molecular flexibility index (Phi) is 3.05. The molecule has 0 radical (unpaired) electrons. The summed E-state index contributed by atoms with van der Waals surface area (Å²) >= 11 is -1.83. The molecule has 0 aromatic rings. The zero-order valence-electron chi connectivity index (χ0n) is 6.58. The second-order valence-electron chi connectivity index (χ2n) is 2.83. The van der Waals surface area contributed by atoms with Gasteiger partial charge in [0, 0.05) is 0 Å². The third-order valence-corrected chi connectivity index (χ3v) is 16.7.